The van der Waals surface area contributed by atoms with Crippen LogP contribution in [0.25, 0.3) is 23.1 Å². The number of benzene rings is 3. The third kappa shape index (κ3) is 4.29. The van der Waals surface area contributed by atoms with E-state index >= 15 is 0 Å². The minimum atomic E-state index is -0.486. The number of rotatable bonds is 5. The fourth-order valence-corrected chi connectivity index (χ4v) is 6.90. The summed E-state index contributed by atoms with van der Waals surface area (Å²) in [5.74, 6) is 1.48. The van der Waals surface area contributed by atoms with Gasteiger partial charge >= 0.3 is 0 Å². The van der Waals surface area contributed by atoms with E-state index in [-0.39, 0.29) is 17.3 Å². The molecule has 2 aromatic heterocycles. The van der Waals surface area contributed by atoms with Crippen LogP contribution in [0.15, 0.2) is 98.6 Å². The average molecular weight is 596 g/mol. The van der Waals surface area contributed by atoms with Crippen molar-refractivity contribution in [2.75, 3.05) is 7.11 Å². The molecule has 0 unspecified atom stereocenters. The Morgan fingerprint density at radius 3 is 2.71 bits per heavy atom. The second kappa shape index (κ2) is 10.3. The summed E-state index contributed by atoms with van der Waals surface area (Å²) in [5.41, 5.74) is 5.32. The number of allylic oxidation sites excluding steroid dienone is 1. The number of aryl methyl sites for hydroxylation is 1. The highest BCUT2D eigenvalue weighted by atomic mass is 35.5. The van der Waals surface area contributed by atoms with Crippen molar-refractivity contribution in [3.63, 3.8) is 0 Å². The monoisotopic (exact) mass is 595 g/mol. The molecule has 1 aliphatic carbocycles. The van der Waals surface area contributed by atoms with E-state index in [0.717, 1.165) is 35.2 Å². The van der Waals surface area contributed by atoms with E-state index in [1.54, 1.807) is 29.9 Å². The predicted octanol–water partition coefficient (Wildman–Crippen LogP) is 6.15. The number of thiazole rings is 1. The van der Waals surface area contributed by atoms with E-state index in [1.807, 2.05) is 36.4 Å². The van der Waals surface area contributed by atoms with Crippen molar-refractivity contribution in [2.45, 2.75) is 18.9 Å². The lowest BCUT2D eigenvalue weighted by atomic mass is 9.83. The zero-order valence-corrected chi connectivity index (χ0v) is 23.8. The van der Waals surface area contributed by atoms with Crippen molar-refractivity contribution in [1.82, 2.24) is 4.57 Å². The molecule has 5 aromatic rings. The van der Waals surface area contributed by atoms with Crippen LogP contribution >= 0.6 is 22.9 Å². The third-order valence-electron chi connectivity index (χ3n) is 7.63. The number of non-ortho nitro benzene ring substituents is 1. The first-order valence-electron chi connectivity index (χ1n) is 13.2. The highest BCUT2D eigenvalue weighted by Gasteiger charge is 2.34. The molecule has 2 aliphatic rings. The van der Waals surface area contributed by atoms with Crippen molar-refractivity contribution in [2.24, 2.45) is 4.99 Å². The molecule has 0 saturated carbocycles. The number of ether oxygens (including phenoxy) is 1. The maximum Gasteiger partial charge on any atom is 0.271 e. The van der Waals surface area contributed by atoms with Gasteiger partial charge in [-0.05, 0) is 48.2 Å². The van der Waals surface area contributed by atoms with Crippen LogP contribution in [0.2, 0.25) is 5.02 Å². The molecule has 0 amide bonds. The third-order valence-corrected chi connectivity index (χ3v) is 8.95. The summed E-state index contributed by atoms with van der Waals surface area (Å²) in [6.45, 7) is 0. The van der Waals surface area contributed by atoms with Crippen LogP contribution in [0.1, 0.15) is 34.9 Å². The molecule has 1 atom stereocenters. The minimum Gasteiger partial charge on any atom is -0.496 e. The SMILES string of the molecule is COc1ccccc1[C@H]1C2=C(N=c3s/c(=C\c4ccc(-c5cc([N+](=O)[O-])ccc5Cl)o4)c(=O)n31)c1ccccc1CC2. The molecule has 8 nitrogen and oxygen atoms in total. The second-order valence-electron chi connectivity index (χ2n) is 9.98. The van der Waals surface area contributed by atoms with Gasteiger partial charge in [-0.2, -0.15) is 0 Å². The van der Waals surface area contributed by atoms with Crippen LogP contribution in [0.3, 0.4) is 0 Å². The Hall–Kier alpha value is -4.73. The molecule has 3 heterocycles. The number of methoxy groups -OCH3 is 1. The Morgan fingerprint density at radius 2 is 1.88 bits per heavy atom. The van der Waals surface area contributed by atoms with Gasteiger partial charge in [0.05, 0.1) is 33.3 Å². The van der Waals surface area contributed by atoms with Crippen LogP contribution in [0.4, 0.5) is 5.69 Å². The van der Waals surface area contributed by atoms with Gasteiger partial charge in [0.25, 0.3) is 11.2 Å². The Morgan fingerprint density at radius 1 is 1.07 bits per heavy atom. The first-order chi connectivity index (χ1) is 20.4. The van der Waals surface area contributed by atoms with Crippen LogP contribution in [0, 0.1) is 10.1 Å². The smallest absolute Gasteiger partial charge is 0.271 e. The number of nitro benzene ring substituents is 1. The fraction of sp³-hybridized carbons (Fsp3) is 0.125. The van der Waals surface area contributed by atoms with E-state index < -0.39 is 4.92 Å². The van der Waals surface area contributed by atoms with Gasteiger partial charge in [0.2, 0.25) is 0 Å². The van der Waals surface area contributed by atoms with E-state index in [9.17, 15) is 14.9 Å². The zero-order chi connectivity index (χ0) is 29.0. The molecule has 208 valence electrons. The van der Waals surface area contributed by atoms with E-state index in [4.69, 9.17) is 25.7 Å². The summed E-state index contributed by atoms with van der Waals surface area (Å²) >= 11 is 7.61. The minimum absolute atomic E-state index is 0.0949. The maximum atomic E-state index is 14.1. The summed E-state index contributed by atoms with van der Waals surface area (Å²) in [6.07, 6.45) is 3.30. The molecule has 0 N–H and O–H groups in total. The van der Waals surface area contributed by atoms with Crippen LogP contribution in [-0.2, 0) is 6.42 Å². The Balaban J connectivity index is 1.40. The number of furan rings is 1. The van der Waals surface area contributed by atoms with Crippen LogP contribution in [-0.4, -0.2) is 16.6 Å². The number of hydrogen-bond acceptors (Lipinski definition) is 7. The highest BCUT2D eigenvalue weighted by molar-refractivity contribution is 7.07. The average Bonchev–Trinajstić information content (AvgIpc) is 3.60. The highest BCUT2D eigenvalue weighted by Crippen LogP contribution is 2.43. The lowest BCUT2D eigenvalue weighted by molar-refractivity contribution is -0.384. The number of fused-ring (bicyclic) bond motifs is 3. The molecule has 1 aliphatic heterocycles. The van der Waals surface area contributed by atoms with E-state index in [2.05, 4.69) is 12.1 Å². The number of halogens is 1. The summed E-state index contributed by atoms with van der Waals surface area (Å²) in [4.78, 5) is 30.5. The molecule has 0 radical (unpaired) electrons. The standard InChI is InChI=1S/C32H22ClN3O5S/c1-40-26-9-5-4-8-22(26)30-23-13-10-18-6-2-3-7-21(18)29(23)34-32-35(30)31(37)28(42-32)17-20-12-15-27(41-20)24-16-19(36(38)39)11-14-25(24)33/h2-9,11-12,14-17,30H,10,13H2,1H3/b28-17-/t30-/m0/s1. The number of hydrogen-bond donors (Lipinski definition) is 0. The molecular formula is C32H22ClN3O5S. The molecule has 10 heteroatoms. The summed E-state index contributed by atoms with van der Waals surface area (Å²) in [7, 11) is 1.64. The van der Waals surface area contributed by atoms with E-state index in [1.165, 1.54) is 35.1 Å². The largest absolute Gasteiger partial charge is 0.496 e. The van der Waals surface area contributed by atoms with Gasteiger partial charge in [-0.1, -0.05) is 65.4 Å². The normalized spacial score (nSPS) is 16.0. The topological polar surface area (TPSA) is 99.9 Å². The maximum absolute atomic E-state index is 14.1. The van der Waals surface area contributed by atoms with Gasteiger partial charge in [-0.25, -0.2) is 4.99 Å². The Kier molecular flexibility index (Phi) is 6.41. The second-order valence-corrected chi connectivity index (χ2v) is 11.4. The van der Waals surface area contributed by atoms with Gasteiger partial charge in [0.1, 0.15) is 17.3 Å². The molecular weight excluding hydrogens is 574 g/mol. The van der Waals surface area contributed by atoms with Gasteiger partial charge in [-0.15, -0.1) is 0 Å². The zero-order valence-electron chi connectivity index (χ0n) is 22.2. The molecule has 0 spiro atoms. The first kappa shape index (κ1) is 26.2. The lowest BCUT2D eigenvalue weighted by Gasteiger charge is -2.31. The quantitative estimate of drug-likeness (QED) is 0.179. The van der Waals surface area contributed by atoms with Gasteiger partial charge in [0, 0.05) is 34.9 Å². The summed E-state index contributed by atoms with van der Waals surface area (Å²) in [5, 5.41) is 11.6. The lowest BCUT2D eigenvalue weighted by Crippen LogP contribution is -2.38. The van der Waals surface area contributed by atoms with Crippen LogP contribution in [0.5, 0.6) is 5.75 Å². The molecule has 3 aromatic carbocycles. The van der Waals surface area contributed by atoms with Gasteiger partial charge < -0.3 is 9.15 Å². The predicted molar refractivity (Wildman–Crippen MR) is 162 cm³/mol. The molecule has 7 rings (SSSR count). The number of nitro groups is 1. The van der Waals surface area contributed by atoms with Crippen molar-refractivity contribution in [1.29, 1.82) is 0 Å². The number of nitrogens with zero attached hydrogens (tertiary/aromatic N) is 3. The molecule has 0 fully saturated rings. The summed E-state index contributed by atoms with van der Waals surface area (Å²) in [6, 6.07) is 23.2. The molecule has 0 bridgehead atoms. The van der Waals surface area contributed by atoms with Crippen molar-refractivity contribution < 1.29 is 14.1 Å². The van der Waals surface area contributed by atoms with E-state index in [0.29, 0.717) is 37.2 Å². The van der Waals surface area contributed by atoms with Gasteiger partial charge in [0.15, 0.2) is 4.80 Å². The number of aromatic nitrogens is 1. The fourth-order valence-electron chi connectivity index (χ4n) is 5.71. The molecule has 42 heavy (non-hydrogen) atoms. The van der Waals surface area contributed by atoms with Crippen molar-refractivity contribution in [3.8, 4) is 17.1 Å². The van der Waals surface area contributed by atoms with Gasteiger partial charge in [-0.3, -0.25) is 19.5 Å². The number of para-hydroxylation sites is 1. The molecule has 0 saturated heterocycles. The summed E-state index contributed by atoms with van der Waals surface area (Å²) < 4.78 is 13.9. The van der Waals surface area contributed by atoms with Crippen molar-refractivity contribution in [3.05, 3.63) is 142 Å². The first-order valence-corrected chi connectivity index (χ1v) is 14.4. The Bertz CT molecular complexity index is 2120. The van der Waals surface area contributed by atoms with Crippen LogP contribution < -0.4 is 19.6 Å². The Labute approximate surface area is 248 Å². The van der Waals surface area contributed by atoms with Crippen molar-refractivity contribution >= 4 is 40.4 Å².